The molecule has 1 aliphatic rings. The van der Waals surface area contributed by atoms with Gasteiger partial charge in [0, 0.05) is 43.6 Å². The molecule has 0 saturated carbocycles. The zero-order valence-corrected chi connectivity index (χ0v) is 10.1. The average Bonchev–Trinajstić information content (AvgIpc) is 2.79. The molecule has 1 aliphatic heterocycles. The largest absolute Gasteiger partial charge is 0.381 e. The molecule has 0 bridgehead atoms. The number of aromatic nitrogens is 2. The van der Waals surface area contributed by atoms with Crippen molar-refractivity contribution < 1.29 is 4.74 Å². The molecule has 4 nitrogen and oxygen atoms in total. The monoisotopic (exact) mass is 223 g/mol. The SMILES string of the molecule is CCn1cc(C(C)NC2CCOCC2)cn1. The van der Waals surface area contributed by atoms with Crippen LogP contribution in [0.2, 0.25) is 0 Å². The zero-order chi connectivity index (χ0) is 11.4. The average molecular weight is 223 g/mol. The second-order valence-electron chi connectivity index (χ2n) is 4.40. The highest BCUT2D eigenvalue weighted by atomic mass is 16.5. The van der Waals surface area contributed by atoms with E-state index in [2.05, 4.69) is 30.5 Å². The van der Waals surface area contributed by atoms with E-state index in [0.29, 0.717) is 12.1 Å². The Balaban J connectivity index is 1.88. The van der Waals surface area contributed by atoms with Crippen LogP contribution in [0, 0.1) is 0 Å². The molecule has 4 heteroatoms. The van der Waals surface area contributed by atoms with Crippen molar-refractivity contribution in [3.63, 3.8) is 0 Å². The minimum atomic E-state index is 0.378. The molecule has 0 aliphatic carbocycles. The molecule has 0 aromatic carbocycles. The fourth-order valence-electron chi connectivity index (χ4n) is 2.09. The Morgan fingerprint density at radius 3 is 2.94 bits per heavy atom. The van der Waals surface area contributed by atoms with Crippen molar-refractivity contribution in [3.8, 4) is 0 Å². The van der Waals surface area contributed by atoms with E-state index in [4.69, 9.17) is 4.74 Å². The van der Waals surface area contributed by atoms with Crippen LogP contribution in [0.5, 0.6) is 0 Å². The molecule has 1 unspecified atom stereocenters. The summed E-state index contributed by atoms with van der Waals surface area (Å²) in [6.45, 7) is 7.01. The molecule has 2 rings (SSSR count). The van der Waals surface area contributed by atoms with E-state index in [9.17, 15) is 0 Å². The van der Waals surface area contributed by atoms with Crippen LogP contribution in [0.15, 0.2) is 12.4 Å². The summed E-state index contributed by atoms with van der Waals surface area (Å²) in [5.74, 6) is 0. The summed E-state index contributed by atoms with van der Waals surface area (Å²) in [7, 11) is 0. The highest BCUT2D eigenvalue weighted by Gasteiger charge is 2.17. The Morgan fingerprint density at radius 2 is 2.31 bits per heavy atom. The van der Waals surface area contributed by atoms with E-state index in [1.165, 1.54) is 5.56 Å². The first-order valence-corrected chi connectivity index (χ1v) is 6.15. The lowest BCUT2D eigenvalue weighted by atomic mass is 10.1. The van der Waals surface area contributed by atoms with Gasteiger partial charge in [0.05, 0.1) is 6.20 Å². The van der Waals surface area contributed by atoms with Crippen LogP contribution >= 0.6 is 0 Å². The fraction of sp³-hybridized carbons (Fsp3) is 0.750. The summed E-state index contributed by atoms with van der Waals surface area (Å²) < 4.78 is 7.32. The molecular weight excluding hydrogens is 202 g/mol. The van der Waals surface area contributed by atoms with Crippen LogP contribution in [-0.2, 0) is 11.3 Å². The molecule has 1 N–H and O–H groups in total. The first kappa shape index (κ1) is 11.6. The van der Waals surface area contributed by atoms with Gasteiger partial charge in [-0.25, -0.2) is 0 Å². The van der Waals surface area contributed by atoms with E-state index < -0.39 is 0 Å². The Hall–Kier alpha value is -0.870. The van der Waals surface area contributed by atoms with Gasteiger partial charge in [-0.15, -0.1) is 0 Å². The lowest BCUT2D eigenvalue weighted by Gasteiger charge is -2.26. The second kappa shape index (κ2) is 5.46. The number of ether oxygens (including phenoxy) is 1. The number of hydrogen-bond acceptors (Lipinski definition) is 3. The third kappa shape index (κ3) is 2.83. The second-order valence-corrected chi connectivity index (χ2v) is 4.40. The Morgan fingerprint density at radius 1 is 1.56 bits per heavy atom. The van der Waals surface area contributed by atoms with Crippen LogP contribution < -0.4 is 5.32 Å². The van der Waals surface area contributed by atoms with Gasteiger partial charge in [-0.3, -0.25) is 4.68 Å². The van der Waals surface area contributed by atoms with Crippen LogP contribution in [0.25, 0.3) is 0 Å². The normalized spacial score (nSPS) is 19.9. The predicted octanol–water partition coefficient (Wildman–Crippen LogP) is 1.73. The summed E-state index contributed by atoms with van der Waals surface area (Å²) >= 11 is 0. The van der Waals surface area contributed by atoms with Crippen molar-refractivity contribution >= 4 is 0 Å². The molecule has 16 heavy (non-hydrogen) atoms. The van der Waals surface area contributed by atoms with Gasteiger partial charge in [-0.1, -0.05) is 0 Å². The van der Waals surface area contributed by atoms with Crippen molar-refractivity contribution in [3.05, 3.63) is 18.0 Å². The van der Waals surface area contributed by atoms with Gasteiger partial charge >= 0.3 is 0 Å². The highest BCUT2D eigenvalue weighted by molar-refractivity contribution is 5.09. The van der Waals surface area contributed by atoms with Crippen molar-refractivity contribution in [2.45, 2.75) is 45.3 Å². The Kier molecular flexibility index (Phi) is 3.96. The molecule has 1 atom stereocenters. The number of nitrogens with one attached hydrogen (secondary N) is 1. The summed E-state index contributed by atoms with van der Waals surface area (Å²) in [5, 5.41) is 7.94. The van der Waals surface area contributed by atoms with Gasteiger partial charge in [0.15, 0.2) is 0 Å². The maximum atomic E-state index is 5.35. The predicted molar refractivity (Wildman–Crippen MR) is 63.3 cm³/mol. The van der Waals surface area contributed by atoms with E-state index >= 15 is 0 Å². The van der Waals surface area contributed by atoms with Crippen LogP contribution in [-0.4, -0.2) is 29.0 Å². The van der Waals surface area contributed by atoms with Gasteiger partial charge < -0.3 is 10.1 Å². The zero-order valence-electron chi connectivity index (χ0n) is 10.1. The van der Waals surface area contributed by atoms with Crippen molar-refractivity contribution in [1.29, 1.82) is 0 Å². The number of nitrogens with zero attached hydrogens (tertiary/aromatic N) is 2. The standard InChI is InChI=1S/C12H21N3O/c1-3-15-9-11(8-13-15)10(2)14-12-4-6-16-7-5-12/h8-10,12,14H,3-7H2,1-2H3. The van der Waals surface area contributed by atoms with Gasteiger partial charge in [0.25, 0.3) is 0 Å². The minimum absolute atomic E-state index is 0.378. The molecule has 1 fully saturated rings. The fourth-order valence-corrected chi connectivity index (χ4v) is 2.09. The van der Waals surface area contributed by atoms with Crippen molar-refractivity contribution in [2.75, 3.05) is 13.2 Å². The molecular formula is C12H21N3O. The first-order chi connectivity index (χ1) is 7.79. The maximum Gasteiger partial charge on any atom is 0.0537 e. The van der Waals surface area contributed by atoms with Crippen LogP contribution in [0.4, 0.5) is 0 Å². The van der Waals surface area contributed by atoms with E-state index in [1.54, 1.807) is 0 Å². The smallest absolute Gasteiger partial charge is 0.0537 e. The summed E-state index contributed by atoms with van der Waals surface area (Å²) in [4.78, 5) is 0. The van der Waals surface area contributed by atoms with Gasteiger partial charge in [0.1, 0.15) is 0 Å². The minimum Gasteiger partial charge on any atom is -0.381 e. The lowest BCUT2D eigenvalue weighted by molar-refractivity contribution is 0.0754. The maximum absolute atomic E-state index is 5.35. The van der Waals surface area contributed by atoms with Gasteiger partial charge in [-0.2, -0.15) is 5.10 Å². The summed E-state index contributed by atoms with van der Waals surface area (Å²) in [6.07, 6.45) is 6.32. The molecule has 90 valence electrons. The van der Waals surface area contributed by atoms with Crippen LogP contribution in [0.1, 0.15) is 38.3 Å². The van der Waals surface area contributed by atoms with E-state index in [-0.39, 0.29) is 0 Å². The lowest BCUT2D eigenvalue weighted by Crippen LogP contribution is -2.36. The third-order valence-corrected chi connectivity index (χ3v) is 3.18. The molecule has 0 spiro atoms. The summed E-state index contributed by atoms with van der Waals surface area (Å²) in [6, 6.07) is 0.970. The molecule has 1 saturated heterocycles. The molecule has 0 amide bonds. The Labute approximate surface area is 97.0 Å². The molecule has 1 aromatic rings. The number of hydrogen-bond donors (Lipinski definition) is 1. The molecule has 0 radical (unpaired) electrons. The first-order valence-electron chi connectivity index (χ1n) is 6.15. The molecule has 2 heterocycles. The number of aryl methyl sites for hydroxylation is 1. The van der Waals surface area contributed by atoms with Crippen molar-refractivity contribution in [1.82, 2.24) is 15.1 Å². The van der Waals surface area contributed by atoms with Gasteiger partial charge in [0.2, 0.25) is 0 Å². The van der Waals surface area contributed by atoms with Crippen LogP contribution in [0.3, 0.4) is 0 Å². The Bertz CT molecular complexity index is 318. The highest BCUT2D eigenvalue weighted by Crippen LogP contribution is 2.15. The van der Waals surface area contributed by atoms with E-state index in [0.717, 1.165) is 32.6 Å². The van der Waals surface area contributed by atoms with Gasteiger partial charge in [-0.05, 0) is 26.7 Å². The third-order valence-electron chi connectivity index (χ3n) is 3.18. The summed E-state index contributed by atoms with van der Waals surface area (Å²) in [5.41, 5.74) is 1.27. The molecule has 1 aromatic heterocycles. The van der Waals surface area contributed by atoms with E-state index in [1.807, 2.05) is 10.9 Å². The topological polar surface area (TPSA) is 39.1 Å². The van der Waals surface area contributed by atoms with Crippen molar-refractivity contribution in [2.24, 2.45) is 0 Å². The number of rotatable bonds is 4. The quantitative estimate of drug-likeness (QED) is 0.845.